The van der Waals surface area contributed by atoms with Crippen molar-refractivity contribution in [1.82, 2.24) is 5.32 Å². The Morgan fingerprint density at radius 2 is 1.89 bits per heavy atom. The standard InChI is InChI=1S/C15H26N2OS/c16-14(19)6-3-9-17-15(18)13-8-7-11-4-1-2-5-12(11)10-13/h11-13H,1-10H2,(H2,16,19)(H,17,18). The SMILES string of the molecule is NC(=S)CCCNC(=O)C1CCC2CCCCC2C1. The Kier molecular flexibility index (Phi) is 5.61. The predicted octanol–water partition coefficient (Wildman–Crippen LogP) is 2.78. The second-order valence-electron chi connectivity index (χ2n) is 6.18. The van der Waals surface area contributed by atoms with Crippen LogP contribution in [-0.4, -0.2) is 17.4 Å². The lowest BCUT2D eigenvalue weighted by atomic mass is 9.67. The Balaban J connectivity index is 1.69. The Bertz CT molecular complexity index is 332. The maximum Gasteiger partial charge on any atom is 0.223 e. The highest BCUT2D eigenvalue weighted by Gasteiger charge is 2.34. The lowest BCUT2D eigenvalue weighted by Crippen LogP contribution is -2.37. The van der Waals surface area contributed by atoms with Crippen LogP contribution in [-0.2, 0) is 4.79 Å². The van der Waals surface area contributed by atoms with Crippen LogP contribution >= 0.6 is 12.2 Å². The summed E-state index contributed by atoms with van der Waals surface area (Å²) in [5.41, 5.74) is 5.44. The average Bonchev–Trinajstić information content (AvgIpc) is 2.42. The van der Waals surface area contributed by atoms with Crippen molar-refractivity contribution in [2.24, 2.45) is 23.5 Å². The largest absolute Gasteiger partial charge is 0.393 e. The van der Waals surface area contributed by atoms with E-state index in [2.05, 4.69) is 5.32 Å². The number of hydrogen-bond donors (Lipinski definition) is 2. The predicted molar refractivity (Wildman–Crippen MR) is 81.8 cm³/mol. The summed E-state index contributed by atoms with van der Waals surface area (Å²) >= 11 is 4.83. The summed E-state index contributed by atoms with van der Waals surface area (Å²) in [7, 11) is 0. The molecule has 0 bridgehead atoms. The molecule has 108 valence electrons. The number of amides is 1. The molecular formula is C15H26N2OS. The molecule has 0 saturated heterocycles. The van der Waals surface area contributed by atoms with Crippen molar-refractivity contribution < 1.29 is 4.79 Å². The quantitative estimate of drug-likeness (QED) is 0.602. The first kappa shape index (κ1) is 14.8. The second-order valence-corrected chi connectivity index (χ2v) is 6.70. The monoisotopic (exact) mass is 282 g/mol. The third kappa shape index (κ3) is 4.44. The third-order valence-corrected chi connectivity index (χ3v) is 5.01. The fraction of sp³-hybridized carbons (Fsp3) is 0.867. The van der Waals surface area contributed by atoms with Gasteiger partial charge in [-0.2, -0.15) is 0 Å². The molecule has 3 unspecified atom stereocenters. The number of rotatable bonds is 5. The summed E-state index contributed by atoms with van der Waals surface area (Å²) < 4.78 is 0. The molecule has 19 heavy (non-hydrogen) atoms. The topological polar surface area (TPSA) is 55.1 Å². The number of hydrogen-bond acceptors (Lipinski definition) is 2. The minimum Gasteiger partial charge on any atom is -0.393 e. The summed E-state index contributed by atoms with van der Waals surface area (Å²) in [6, 6.07) is 0. The van der Waals surface area contributed by atoms with Crippen LogP contribution in [0.15, 0.2) is 0 Å². The van der Waals surface area contributed by atoms with E-state index in [0.29, 0.717) is 11.5 Å². The maximum absolute atomic E-state index is 12.1. The molecule has 0 aromatic rings. The van der Waals surface area contributed by atoms with E-state index in [-0.39, 0.29) is 11.8 Å². The van der Waals surface area contributed by atoms with Crippen LogP contribution in [0.5, 0.6) is 0 Å². The van der Waals surface area contributed by atoms with Crippen molar-refractivity contribution in [3.63, 3.8) is 0 Å². The zero-order valence-electron chi connectivity index (χ0n) is 11.7. The first-order valence-electron chi connectivity index (χ1n) is 7.73. The van der Waals surface area contributed by atoms with E-state index in [9.17, 15) is 4.79 Å². The van der Waals surface area contributed by atoms with Gasteiger partial charge in [0.2, 0.25) is 5.91 Å². The summed E-state index contributed by atoms with van der Waals surface area (Å²) in [5, 5.41) is 3.05. The summed E-state index contributed by atoms with van der Waals surface area (Å²) in [4.78, 5) is 12.7. The molecule has 0 aromatic heterocycles. The van der Waals surface area contributed by atoms with Gasteiger partial charge in [-0.15, -0.1) is 0 Å². The number of carbonyl (C=O) groups is 1. The summed E-state index contributed by atoms with van der Waals surface area (Å²) in [5.74, 6) is 2.23. The van der Waals surface area contributed by atoms with Gasteiger partial charge in [-0.05, 0) is 43.9 Å². The molecule has 2 fully saturated rings. The number of carbonyl (C=O) groups excluding carboxylic acids is 1. The zero-order valence-corrected chi connectivity index (χ0v) is 12.5. The summed E-state index contributed by atoms with van der Waals surface area (Å²) in [6.45, 7) is 0.709. The maximum atomic E-state index is 12.1. The minimum atomic E-state index is 0.254. The molecule has 0 heterocycles. The first-order valence-corrected chi connectivity index (χ1v) is 8.13. The molecule has 3 nitrogen and oxygen atoms in total. The Morgan fingerprint density at radius 1 is 1.16 bits per heavy atom. The smallest absolute Gasteiger partial charge is 0.223 e. The zero-order chi connectivity index (χ0) is 13.7. The Hall–Kier alpha value is -0.640. The van der Waals surface area contributed by atoms with Crippen LogP contribution in [0.3, 0.4) is 0 Å². The van der Waals surface area contributed by atoms with Gasteiger partial charge in [-0.25, -0.2) is 0 Å². The molecule has 2 rings (SSSR count). The number of nitrogens with two attached hydrogens (primary N) is 1. The highest BCUT2D eigenvalue weighted by molar-refractivity contribution is 7.80. The molecule has 2 aliphatic rings. The van der Waals surface area contributed by atoms with E-state index in [1.54, 1.807) is 0 Å². The Morgan fingerprint density at radius 3 is 2.63 bits per heavy atom. The number of fused-ring (bicyclic) bond motifs is 1. The molecule has 3 N–H and O–H groups in total. The van der Waals surface area contributed by atoms with Gasteiger partial charge in [0.15, 0.2) is 0 Å². The van der Waals surface area contributed by atoms with Crippen LogP contribution in [0.4, 0.5) is 0 Å². The van der Waals surface area contributed by atoms with Crippen LogP contribution in [0, 0.1) is 17.8 Å². The van der Waals surface area contributed by atoms with Gasteiger partial charge in [0, 0.05) is 12.5 Å². The van der Waals surface area contributed by atoms with E-state index in [0.717, 1.165) is 37.5 Å². The van der Waals surface area contributed by atoms with Crippen LogP contribution in [0.25, 0.3) is 0 Å². The number of thiocarbonyl (C=S) groups is 1. The molecule has 2 saturated carbocycles. The molecule has 2 aliphatic carbocycles. The third-order valence-electron chi connectivity index (χ3n) is 4.81. The molecule has 0 aliphatic heterocycles. The fourth-order valence-corrected chi connectivity index (χ4v) is 3.87. The minimum absolute atomic E-state index is 0.254. The molecule has 1 amide bonds. The van der Waals surface area contributed by atoms with E-state index in [1.807, 2.05) is 0 Å². The van der Waals surface area contributed by atoms with Crippen molar-refractivity contribution in [3.05, 3.63) is 0 Å². The van der Waals surface area contributed by atoms with Gasteiger partial charge in [-0.1, -0.05) is 37.9 Å². The molecular weight excluding hydrogens is 256 g/mol. The van der Waals surface area contributed by atoms with Gasteiger partial charge in [0.1, 0.15) is 0 Å². The van der Waals surface area contributed by atoms with Gasteiger partial charge >= 0.3 is 0 Å². The molecule has 3 atom stereocenters. The molecule has 0 aromatic carbocycles. The van der Waals surface area contributed by atoms with Crippen LogP contribution < -0.4 is 11.1 Å². The van der Waals surface area contributed by atoms with Crippen LogP contribution in [0.2, 0.25) is 0 Å². The lowest BCUT2D eigenvalue weighted by Gasteiger charge is -2.38. The summed E-state index contributed by atoms with van der Waals surface area (Å²) in [6.07, 6.45) is 10.6. The van der Waals surface area contributed by atoms with E-state index < -0.39 is 0 Å². The van der Waals surface area contributed by atoms with Gasteiger partial charge < -0.3 is 11.1 Å². The molecule has 4 heteroatoms. The van der Waals surface area contributed by atoms with Gasteiger partial charge in [0.25, 0.3) is 0 Å². The van der Waals surface area contributed by atoms with Crippen molar-refractivity contribution in [3.8, 4) is 0 Å². The van der Waals surface area contributed by atoms with Gasteiger partial charge in [-0.3, -0.25) is 4.79 Å². The highest BCUT2D eigenvalue weighted by Crippen LogP contribution is 2.42. The second kappa shape index (κ2) is 7.22. The van der Waals surface area contributed by atoms with E-state index in [4.69, 9.17) is 18.0 Å². The molecule has 0 spiro atoms. The van der Waals surface area contributed by atoms with E-state index >= 15 is 0 Å². The van der Waals surface area contributed by atoms with Crippen molar-refractivity contribution in [2.45, 2.75) is 57.8 Å². The van der Waals surface area contributed by atoms with Gasteiger partial charge in [0.05, 0.1) is 4.99 Å². The number of nitrogens with one attached hydrogen (secondary N) is 1. The normalized spacial score (nSPS) is 30.4. The highest BCUT2D eigenvalue weighted by atomic mass is 32.1. The van der Waals surface area contributed by atoms with Crippen molar-refractivity contribution >= 4 is 23.1 Å². The average molecular weight is 282 g/mol. The van der Waals surface area contributed by atoms with Crippen LogP contribution in [0.1, 0.15) is 57.8 Å². The van der Waals surface area contributed by atoms with Crippen molar-refractivity contribution in [1.29, 1.82) is 0 Å². The first-order chi connectivity index (χ1) is 9.16. The van der Waals surface area contributed by atoms with Crippen molar-refractivity contribution in [2.75, 3.05) is 6.54 Å². The Labute approximate surface area is 121 Å². The van der Waals surface area contributed by atoms with E-state index in [1.165, 1.54) is 32.1 Å². The fourth-order valence-electron chi connectivity index (χ4n) is 3.73. The lowest BCUT2D eigenvalue weighted by molar-refractivity contribution is -0.127. The molecule has 0 radical (unpaired) electrons.